The summed E-state index contributed by atoms with van der Waals surface area (Å²) in [4.78, 5) is 19.4. The number of aryl methyl sites for hydroxylation is 2. The molecule has 1 aromatic heterocycles. The fourth-order valence-corrected chi connectivity index (χ4v) is 5.65. The van der Waals surface area contributed by atoms with E-state index < -0.39 is 10.0 Å². The summed E-state index contributed by atoms with van der Waals surface area (Å²) >= 11 is 0. The van der Waals surface area contributed by atoms with E-state index >= 15 is 0 Å². The third-order valence-electron chi connectivity index (χ3n) is 5.87. The number of hydrogen-bond acceptors (Lipinski definition) is 6. The molecular weight excluding hydrogens is 416 g/mol. The lowest BCUT2D eigenvalue weighted by Gasteiger charge is -2.30. The van der Waals surface area contributed by atoms with Crippen molar-refractivity contribution in [2.24, 2.45) is 0 Å². The van der Waals surface area contributed by atoms with Crippen LogP contribution in [0.25, 0.3) is 0 Å². The highest BCUT2D eigenvalue weighted by atomic mass is 32.2. The van der Waals surface area contributed by atoms with E-state index in [1.54, 1.807) is 27.4 Å². The average Bonchev–Trinajstić information content (AvgIpc) is 3.43. The van der Waals surface area contributed by atoms with E-state index in [2.05, 4.69) is 10.1 Å². The van der Waals surface area contributed by atoms with Crippen molar-refractivity contribution in [3.63, 3.8) is 0 Å². The van der Waals surface area contributed by atoms with Gasteiger partial charge in [0, 0.05) is 43.6 Å². The molecule has 0 unspecified atom stereocenters. The van der Waals surface area contributed by atoms with Gasteiger partial charge in [-0.3, -0.25) is 4.79 Å². The molecule has 1 fully saturated rings. The van der Waals surface area contributed by atoms with Gasteiger partial charge in [0.25, 0.3) is 0 Å². The van der Waals surface area contributed by atoms with Crippen LogP contribution in [0.15, 0.2) is 27.6 Å². The zero-order valence-corrected chi connectivity index (χ0v) is 19.2. The predicted molar refractivity (Wildman–Crippen MR) is 116 cm³/mol. The van der Waals surface area contributed by atoms with Crippen LogP contribution in [-0.2, 0) is 33.1 Å². The topological polar surface area (TPSA) is 96.6 Å². The zero-order chi connectivity index (χ0) is 22.2. The molecule has 0 bridgehead atoms. The molecular formula is C22H30N4O4S. The number of benzene rings is 1. The zero-order valence-electron chi connectivity index (χ0n) is 18.4. The summed E-state index contributed by atoms with van der Waals surface area (Å²) in [6, 6.07) is 5.15. The molecule has 2 aliphatic heterocycles. The number of carbonyl (C=O) groups excluding carboxylic acids is 1. The van der Waals surface area contributed by atoms with Crippen LogP contribution in [0, 0.1) is 0 Å². The van der Waals surface area contributed by atoms with Crippen molar-refractivity contribution in [1.29, 1.82) is 0 Å². The molecule has 0 N–H and O–H groups in total. The molecule has 0 spiro atoms. The van der Waals surface area contributed by atoms with Crippen molar-refractivity contribution in [2.45, 2.75) is 69.6 Å². The highest BCUT2D eigenvalue weighted by Crippen LogP contribution is 2.32. The van der Waals surface area contributed by atoms with E-state index in [0.29, 0.717) is 42.7 Å². The Balaban J connectivity index is 1.47. The average molecular weight is 447 g/mol. The lowest BCUT2D eigenvalue weighted by atomic mass is 9.96. The smallest absolute Gasteiger partial charge is 0.243 e. The van der Waals surface area contributed by atoms with Gasteiger partial charge in [-0.15, -0.1) is 0 Å². The Morgan fingerprint density at radius 2 is 1.87 bits per heavy atom. The number of carbonyl (C=O) groups is 1. The van der Waals surface area contributed by atoms with Crippen molar-refractivity contribution in [3.8, 4) is 0 Å². The fourth-order valence-electron chi connectivity index (χ4n) is 4.08. The van der Waals surface area contributed by atoms with Crippen molar-refractivity contribution in [1.82, 2.24) is 14.4 Å². The molecule has 2 aliphatic rings. The van der Waals surface area contributed by atoms with Gasteiger partial charge in [-0.25, -0.2) is 8.42 Å². The maximum atomic E-state index is 12.9. The van der Waals surface area contributed by atoms with Gasteiger partial charge in [0.15, 0.2) is 5.82 Å². The van der Waals surface area contributed by atoms with E-state index in [1.807, 2.05) is 20.8 Å². The summed E-state index contributed by atoms with van der Waals surface area (Å²) in [6.07, 6.45) is 4.03. The van der Waals surface area contributed by atoms with Gasteiger partial charge in [0.05, 0.1) is 4.90 Å². The molecule has 1 aromatic carbocycles. The minimum absolute atomic E-state index is 0.0217. The molecule has 0 aliphatic carbocycles. The minimum Gasteiger partial charge on any atom is -0.339 e. The van der Waals surface area contributed by atoms with E-state index in [1.165, 1.54) is 0 Å². The molecule has 31 heavy (non-hydrogen) atoms. The molecule has 168 valence electrons. The number of fused-ring (bicyclic) bond motifs is 1. The van der Waals surface area contributed by atoms with E-state index in [0.717, 1.165) is 36.9 Å². The van der Waals surface area contributed by atoms with Crippen LogP contribution >= 0.6 is 0 Å². The first-order valence-electron chi connectivity index (χ1n) is 10.9. The number of rotatable bonds is 5. The maximum Gasteiger partial charge on any atom is 0.243 e. The normalized spacial score (nSPS) is 17.7. The largest absolute Gasteiger partial charge is 0.339 e. The first-order chi connectivity index (χ1) is 14.7. The quantitative estimate of drug-likeness (QED) is 0.700. The molecule has 0 saturated carbocycles. The first kappa shape index (κ1) is 22.0. The van der Waals surface area contributed by atoms with Crippen LogP contribution in [0.2, 0.25) is 0 Å². The van der Waals surface area contributed by atoms with Crippen molar-refractivity contribution in [2.75, 3.05) is 24.5 Å². The van der Waals surface area contributed by atoms with Crippen LogP contribution in [-0.4, -0.2) is 48.4 Å². The van der Waals surface area contributed by atoms with Gasteiger partial charge in [-0.2, -0.15) is 9.29 Å². The molecule has 0 radical (unpaired) electrons. The third kappa shape index (κ3) is 4.52. The summed E-state index contributed by atoms with van der Waals surface area (Å²) in [5, 5.41) is 4.01. The molecule has 1 amide bonds. The maximum absolute atomic E-state index is 12.9. The third-order valence-corrected chi connectivity index (χ3v) is 7.76. The van der Waals surface area contributed by atoms with Crippen LogP contribution in [0.3, 0.4) is 0 Å². The SMILES string of the molecule is CC(C)(C)c1noc(CCC(=O)N2CCCc3cc(S(=O)(=O)N4CCCC4)ccc32)n1. The molecule has 1 saturated heterocycles. The Kier molecular flexibility index (Phi) is 5.91. The van der Waals surface area contributed by atoms with Gasteiger partial charge in [-0.1, -0.05) is 25.9 Å². The Bertz CT molecular complexity index is 1070. The van der Waals surface area contributed by atoms with E-state index in [9.17, 15) is 13.2 Å². The predicted octanol–water partition coefficient (Wildman–Crippen LogP) is 3.06. The molecule has 0 atom stereocenters. The number of aromatic nitrogens is 2. The second kappa shape index (κ2) is 8.35. The summed E-state index contributed by atoms with van der Waals surface area (Å²) in [5.41, 5.74) is 1.51. The second-order valence-electron chi connectivity index (χ2n) is 9.31. The molecule has 2 aromatic rings. The van der Waals surface area contributed by atoms with E-state index in [4.69, 9.17) is 4.52 Å². The number of nitrogens with zero attached hydrogens (tertiary/aromatic N) is 4. The number of anilines is 1. The minimum atomic E-state index is -3.46. The Labute approximate surface area is 183 Å². The van der Waals surface area contributed by atoms with Gasteiger partial charge < -0.3 is 9.42 Å². The lowest BCUT2D eigenvalue weighted by Crippen LogP contribution is -2.36. The Morgan fingerprint density at radius 3 is 2.55 bits per heavy atom. The standard InChI is InChI=1S/C22H30N4O4S/c1-22(2,3)21-23-19(30-24-21)10-11-20(27)26-14-6-7-16-15-17(8-9-18(16)26)31(28,29)25-12-4-5-13-25/h8-9,15H,4-7,10-14H2,1-3H3. The summed E-state index contributed by atoms with van der Waals surface area (Å²) in [5.74, 6) is 1.07. The van der Waals surface area contributed by atoms with Crippen LogP contribution in [0.5, 0.6) is 0 Å². The monoisotopic (exact) mass is 446 g/mol. The van der Waals surface area contributed by atoms with Crippen LogP contribution < -0.4 is 4.90 Å². The molecule has 8 nitrogen and oxygen atoms in total. The van der Waals surface area contributed by atoms with E-state index in [-0.39, 0.29) is 17.7 Å². The lowest BCUT2D eigenvalue weighted by molar-refractivity contribution is -0.118. The summed E-state index contributed by atoms with van der Waals surface area (Å²) in [7, 11) is -3.46. The number of hydrogen-bond donors (Lipinski definition) is 0. The summed E-state index contributed by atoms with van der Waals surface area (Å²) in [6.45, 7) is 7.81. The highest BCUT2D eigenvalue weighted by molar-refractivity contribution is 7.89. The van der Waals surface area contributed by atoms with Gasteiger partial charge in [-0.05, 0) is 49.4 Å². The second-order valence-corrected chi connectivity index (χ2v) is 11.3. The van der Waals surface area contributed by atoms with Crippen molar-refractivity contribution >= 4 is 21.6 Å². The van der Waals surface area contributed by atoms with Crippen LogP contribution in [0.1, 0.15) is 63.7 Å². The molecule has 3 heterocycles. The Morgan fingerprint density at radius 1 is 1.13 bits per heavy atom. The van der Waals surface area contributed by atoms with Gasteiger partial charge in [0.1, 0.15) is 0 Å². The molecule has 9 heteroatoms. The first-order valence-corrected chi connectivity index (χ1v) is 12.4. The van der Waals surface area contributed by atoms with Crippen molar-refractivity contribution < 1.29 is 17.7 Å². The summed E-state index contributed by atoms with van der Waals surface area (Å²) < 4.78 is 32.6. The van der Waals surface area contributed by atoms with Gasteiger partial charge in [0.2, 0.25) is 21.8 Å². The highest BCUT2D eigenvalue weighted by Gasteiger charge is 2.30. The van der Waals surface area contributed by atoms with Crippen LogP contribution in [0.4, 0.5) is 5.69 Å². The van der Waals surface area contributed by atoms with Gasteiger partial charge >= 0.3 is 0 Å². The fraction of sp³-hybridized carbons (Fsp3) is 0.591. The Hall–Kier alpha value is -2.26. The number of sulfonamides is 1. The number of amides is 1. The van der Waals surface area contributed by atoms with Crippen molar-refractivity contribution in [3.05, 3.63) is 35.5 Å². The molecule has 4 rings (SSSR count).